The van der Waals surface area contributed by atoms with Crippen molar-refractivity contribution in [1.29, 1.82) is 0 Å². The van der Waals surface area contributed by atoms with Gasteiger partial charge >= 0.3 is 11.9 Å². The predicted octanol–water partition coefficient (Wildman–Crippen LogP) is 2.66. The first kappa shape index (κ1) is 15.3. The minimum absolute atomic E-state index is 0.234. The molecule has 0 spiro atoms. The Bertz CT molecular complexity index is 502. The number of hydrogen-bond acceptors (Lipinski definition) is 3. The maximum Gasteiger partial charge on any atom is 0.352 e. The van der Waals surface area contributed by atoms with Gasteiger partial charge in [0.1, 0.15) is 0 Å². The van der Waals surface area contributed by atoms with Gasteiger partial charge in [0.15, 0.2) is 0 Å². The lowest BCUT2D eigenvalue weighted by atomic mass is 9.94. The van der Waals surface area contributed by atoms with Crippen LogP contribution in [0.3, 0.4) is 0 Å². The molecular formula is C9H4Cl4O5. The molecule has 0 radical (unpaired) electrons. The number of carbonyl (C=O) groups is 2. The van der Waals surface area contributed by atoms with Crippen molar-refractivity contribution in [1.82, 2.24) is 0 Å². The highest BCUT2D eigenvalue weighted by Crippen LogP contribution is 2.42. The Morgan fingerprint density at radius 3 is 1.56 bits per heavy atom. The fourth-order valence-electron chi connectivity index (χ4n) is 1.20. The molecule has 18 heavy (non-hydrogen) atoms. The van der Waals surface area contributed by atoms with E-state index in [0.717, 1.165) is 6.07 Å². The van der Waals surface area contributed by atoms with Crippen LogP contribution >= 0.6 is 46.4 Å². The number of halogens is 4. The van der Waals surface area contributed by atoms with Gasteiger partial charge in [-0.3, -0.25) is 0 Å². The van der Waals surface area contributed by atoms with Crippen LogP contribution in [0.15, 0.2) is 6.07 Å². The lowest BCUT2D eigenvalue weighted by Crippen LogP contribution is -2.44. The molecule has 0 aliphatic rings. The molecule has 0 amide bonds. The molecule has 0 saturated carbocycles. The van der Waals surface area contributed by atoms with E-state index in [1.165, 1.54) is 0 Å². The molecule has 5 nitrogen and oxygen atoms in total. The Morgan fingerprint density at radius 2 is 1.28 bits per heavy atom. The van der Waals surface area contributed by atoms with E-state index in [4.69, 9.17) is 56.6 Å². The van der Waals surface area contributed by atoms with Crippen LogP contribution in [0.4, 0.5) is 0 Å². The number of benzene rings is 1. The number of carboxylic acid groups (broad SMARTS) is 2. The van der Waals surface area contributed by atoms with Crippen LogP contribution in [-0.4, -0.2) is 27.3 Å². The van der Waals surface area contributed by atoms with Gasteiger partial charge in [-0.05, 0) is 6.07 Å². The van der Waals surface area contributed by atoms with E-state index in [9.17, 15) is 14.7 Å². The van der Waals surface area contributed by atoms with Crippen LogP contribution in [-0.2, 0) is 15.2 Å². The van der Waals surface area contributed by atoms with Gasteiger partial charge in [0, 0.05) is 5.56 Å². The zero-order valence-corrected chi connectivity index (χ0v) is 11.3. The van der Waals surface area contributed by atoms with Crippen molar-refractivity contribution in [2.75, 3.05) is 0 Å². The second-order valence-corrected chi connectivity index (χ2v) is 4.73. The molecule has 0 aromatic heterocycles. The number of aliphatic carboxylic acids is 2. The zero-order chi connectivity index (χ0) is 14.2. The SMILES string of the molecule is O=C(O)C(O)(C(=O)O)c1c(Cl)c(Cl)cc(Cl)c1Cl. The molecule has 0 heterocycles. The van der Waals surface area contributed by atoms with Crippen LogP contribution < -0.4 is 0 Å². The molecule has 0 aliphatic heterocycles. The van der Waals surface area contributed by atoms with Gasteiger partial charge in [0.25, 0.3) is 5.60 Å². The van der Waals surface area contributed by atoms with Crippen molar-refractivity contribution in [2.24, 2.45) is 0 Å². The van der Waals surface area contributed by atoms with E-state index >= 15 is 0 Å². The minimum Gasteiger partial charge on any atom is -0.478 e. The second-order valence-electron chi connectivity index (χ2n) is 3.16. The summed E-state index contributed by atoms with van der Waals surface area (Å²) in [7, 11) is 0. The average Bonchev–Trinajstić information content (AvgIpc) is 2.25. The predicted molar refractivity (Wildman–Crippen MR) is 65.7 cm³/mol. The van der Waals surface area contributed by atoms with Gasteiger partial charge in [-0.25, -0.2) is 9.59 Å². The maximum atomic E-state index is 11.0. The zero-order valence-electron chi connectivity index (χ0n) is 8.25. The minimum atomic E-state index is -3.34. The van der Waals surface area contributed by atoms with Crippen molar-refractivity contribution in [3.8, 4) is 0 Å². The summed E-state index contributed by atoms with van der Waals surface area (Å²) >= 11 is 22.6. The molecule has 9 heteroatoms. The molecule has 0 aliphatic carbocycles. The van der Waals surface area contributed by atoms with Crippen molar-refractivity contribution < 1.29 is 24.9 Å². The van der Waals surface area contributed by atoms with Crippen LogP contribution in [0.2, 0.25) is 20.1 Å². The van der Waals surface area contributed by atoms with Crippen molar-refractivity contribution in [2.45, 2.75) is 5.60 Å². The summed E-state index contributed by atoms with van der Waals surface area (Å²) in [5, 5.41) is 26.0. The molecular weight excluding hydrogens is 330 g/mol. The van der Waals surface area contributed by atoms with Crippen LogP contribution in [0.5, 0.6) is 0 Å². The van der Waals surface area contributed by atoms with Gasteiger partial charge in [0.05, 0.1) is 20.1 Å². The Kier molecular flexibility index (Phi) is 4.35. The van der Waals surface area contributed by atoms with E-state index in [2.05, 4.69) is 0 Å². The Hall–Kier alpha value is -0.720. The smallest absolute Gasteiger partial charge is 0.352 e. The van der Waals surface area contributed by atoms with E-state index < -0.39 is 33.1 Å². The Balaban J connectivity index is 3.78. The van der Waals surface area contributed by atoms with Crippen LogP contribution in [0.1, 0.15) is 5.56 Å². The molecule has 1 aromatic carbocycles. The van der Waals surface area contributed by atoms with Gasteiger partial charge in [0.2, 0.25) is 0 Å². The highest BCUT2D eigenvalue weighted by atomic mass is 35.5. The molecule has 1 aromatic rings. The fourth-order valence-corrected chi connectivity index (χ4v) is 2.28. The first-order chi connectivity index (χ1) is 8.13. The van der Waals surface area contributed by atoms with Crippen LogP contribution in [0, 0.1) is 0 Å². The van der Waals surface area contributed by atoms with Gasteiger partial charge in [-0.15, -0.1) is 0 Å². The molecule has 98 valence electrons. The Morgan fingerprint density at radius 1 is 0.944 bits per heavy atom. The third kappa shape index (κ3) is 2.24. The van der Waals surface area contributed by atoms with Crippen molar-refractivity contribution >= 4 is 58.3 Å². The first-order valence-electron chi connectivity index (χ1n) is 4.16. The number of hydrogen-bond donors (Lipinski definition) is 3. The quantitative estimate of drug-likeness (QED) is 0.584. The highest BCUT2D eigenvalue weighted by Gasteiger charge is 2.50. The lowest BCUT2D eigenvalue weighted by molar-refractivity contribution is -0.177. The number of aliphatic hydroxyl groups is 1. The summed E-state index contributed by atoms with van der Waals surface area (Å²) in [6.07, 6.45) is 0. The van der Waals surface area contributed by atoms with Gasteiger partial charge in [-0.1, -0.05) is 46.4 Å². The van der Waals surface area contributed by atoms with E-state index in [0.29, 0.717) is 0 Å². The molecule has 0 saturated heterocycles. The Labute approximate surface area is 120 Å². The van der Waals surface area contributed by atoms with Crippen molar-refractivity contribution in [3.63, 3.8) is 0 Å². The van der Waals surface area contributed by atoms with Gasteiger partial charge < -0.3 is 15.3 Å². The molecule has 0 bridgehead atoms. The topological polar surface area (TPSA) is 94.8 Å². The summed E-state index contributed by atoms with van der Waals surface area (Å²) in [5.41, 5.74) is -4.13. The number of carboxylic acids is 2. The monoisotopic (exact) mass is 332 g/mol. The summed E-state index contributed by atoms with van der Waals surface area (Å²) in [6, 6.07) is 1.10. The number of rotatable bonds is 3. The summed E-state index contributed by atoms with van der Waals surface area (Å²) in [6.45, 7) is 0. The highest BCUT2D eigenvalue weighted by molar-refractivity contribution is 6.48. The third-order valence-corrected chi connectivity index (χ3v) is 3.67. The maximum absolute atomic E-state index is 11.0. The fraction of sp³-hybridized carbons (Fsp3) is 0.111. The molecule has 0 unspecified atom stereocenters. The standard InChI is InChI=1S/C9H4Cl4O5/c10-2-1-3(11)6(13)4(5(2)12)9(18,7(14)15)8(16)17/h1,18H,(H,14,15)(H,16,17). The first-order valence-corrected chi connectivity index (χ1v) is 5.67. The summed E-state index contributed by atoms with van der Waals surface area (Å²) < 4.78 is 0. The second kappa shape index (κ2) is 5.11. The van der Waals surface area contributed by atoms with E-state index in [1.807, 2.05) is 0 Å². The summed E-state index contributed by atoms with van der Waals surface area (Å²) in [5.74, 6) is -4.14. The van der Waals surface area contributed by atoms with Crippen molar-refractivity contribution in [3.05, 3.63) is 31.7 Å². The largest absolute Gasteiger partial charge is 0.478 e. The summed E-state index contributed by atoms with van der Waals surface area (Å²) in [4.78, 5) is 21.9. The molecule has 0 fully saturated rings. The molecule has 1 rings (SSSR count). The van der Waals surface area contributed by atoms with E-state index in [1.54, 1.807) is 0 Å². The molecule has 3 N–H and O–H groups in total. The van der Waals surface area contributed by atoms with Crippen LogP contribution in [0.25, 0.3) is 0 Å². The molecule has 0 atom stereocenters. The normalized spacial score (nSPS) is 11.4. The van der Waals surface area contributed by atoms with Gasteiger partial charge in [-0.2, -0.15) is 0 Å². The van der Waals surface area contributed by atoms with E-state index in [-0.39, 0.29) is 10.0 Å². The lowest BCUT2D eigenvalue weighted by Gasteiger charge is -2.22. The third-order valence-electron chi connectivity index (χ3n) is 2.09. The average molecular weight is 334 g/mol.